The highest BCUT2D eigenvalue weighted by atomic mass is 32.1. The normalized spacial score (nSPS) is 15.9. The van der Waals surface area contributed by atoms with Crippen LogP contribution in [0, 0.1) is 5.92 Å². The maximum absolute atomic E-state index is 13.5. The summed E-state index contributed by atoms with van der Waals surface area (Å²) in [4.78, 5) is 20.2. The van der Waals surface area contributed by atoms with Crippen molar-refractivity contribution in [3.05, 3.63) is 44.8 Å². The van der Waals surface area contributed by atoms with Crippen LogP contribution in [-0.4, -0.2) is 48.9 Å². The molecule has 30 heavy (non-hydrogen) atoms. The van der Waals surface area contributed by atoms with Crippen molar-refractivity contribution in [2.45, 2.75) is 73.3 Å². The van der Waals surface area contributed by atoms with Crippen LogP contribution in [0.5, 0.6) is 0 Å². The van der Waals surface area contributed by atoms with Gasteiger partial charge in [-0.15, -0.1) is 22.7 Å². The lowest BCUT2D eigenvalue weighted by Gasteiger charge is -2.38. The van der Waals surface area contributed by atoms with Crippen molar-refractivity contribution in [1.29, 1.82) is 0 Å². The summed E-state index contributed by atoms with van der Waals surface area (Å²) in [6, 6.07) is 8.95. The van der Waals surface area contributed by atoms with Crippen LogP contribution in [0.1, 0.15) is 71.6 Å². The van der Waals surface area contributed by atoms with Crippen LogP contribution < -0.4 is 0 Å². The fourth-order valence-electron chi connectivity index (χ4n) is 3.88. The van der Waals surface area contributed by atoms with Crippen LogP contribution in [0.4, 0.5) is 0 Å². The van der Waals surface area contributed by atoms with E-state index in [2.05, 4.69) is 53.8 Å². The molecule has 3 heterocycles. The van der Waals surface area contributed by atoms with Gasteiger partial charge in [0, 0.05) is 36.4 Å². The largest absolute Gasteiger partial charge is 0.348 e. The highest BCUT2D eigenvalue weighted by Gasteiger charge is 2.52. The lowest BCUT2D eigenvalue weighted by atomic mass is 9.71. The molecule has 0 bridgehead atoms. The molecule has 1 fully saturated rings. The molecule has 1 saturated heterocycles. The molecule has 0 unspecified atom stereocenters. The summed E-state index contributed by atoms with van der Waals surface area (Å²) in [5, 5.41) is 4.19. The van der Waals surface area contributed by atoms with Gasteiger partial charge in [-0.2, -0.15) is 0 Å². The molecule has 0 saturated carbocycles. The molecule has 2 aromatic heterocycles. The van der Waals surface area contributed by atoms with E-state index in [-0.39, 0.29) is 5.91 Å². The molecular weight excluding hydrogens is 408 g/mol. The predicted octanol–water partition coefficient (Wildman–Crippen LogP) is 6.99. The van der Waals surface area contributed by atoms with Crippen LogP contribution in [0.2, 0.25) is 0 Å². The first-order valence-corrected chi connectivity index (χ1v) is 13.3. The molecular formula is C25H44N2OS2. The Kier molecular flexibility index (Phi) is 14.2. The molecule has 1 amide bonds. The van der Waals surface area contributed by atoms with Crippen molar-refractivity contribution in [3.8, 4) is 0 Å². The predicted molar refractivity (Wildman–Crippen MR) is 137 cm³/mol. The van der Waals surface area contributed by atoms with Crippen LogP contribution >= 0.6 is 22.7 Å². The van der Waals surface area contributed by atoms with Gasteiger partial charge in [0.25, 0.3) is 0 Å². The number of nitrogens with zero attached hydrogens (tertiary/aromatic N) is 2. The van der Waals surface area contributed by atoms with E-state index in [1.807, 2.05) is 55.6 Å². The zero-order valence-electron chi connectivity index (χ0n) is 20.9. The Morgan fingerprint density at radius 2 is 1.47 bits per heavy atom. The van der Waals surface area contributed by atoms with Crippen molar-refractivity contribution in [2.75, 3.05) is 27.2 Å². The third-order valence-electron chi connectivity index (χ3n) is 5.13. The van der Waals surface area contributed by atoms with E-state index in [0.717, 1.165) is 19.5 Å². The Hall–Kier alpha value is -1.17. The Morgan fingerprint density at radius 1 is 1.00 bits per heavy atom. The SMILES string of the molecule is CC.CC.CC.CC(C)N1CC[C@@H](C(C(=O)N(C)C)(c2cccs2)c2cccs2)C1. The number of amides is 1. The lowest BCUT2D eigenvalue weighted by Crippen LogP contribution is -2.50. The quantitative estimate of drug-likeness (QED) is 0.488. The van der Waals surface area contributed by atoms with Crippen molar-refractivity contribution in [1.82, 2.24) is 9.80 Å². The number of hydrogen-bond donors (Lipinski definition) is 0. The maximum atomic E-state index is 13.5. The van der Waals surface area contributed by atoms with Crippen LogP contribution in [-0.2, 0) is 10.2 Å². The molecule has 0 radical (unpaired) electrons. The molecule has 1 aliphatic rings. The number of carbonyl (C=O) groups is 1. The first-order chi connectivity index (χ1) is 14.5. The summed E-state index contributed by atoms with van der Waals surface area (Å²) >= 11 is 3.42. The van der Waals surface area contributed by atoms with Crippen molar-refractivity contribution < 1.29 is 4.79 Å². The molecule has 0 aromatic carbocycles. The van der Waals surface area contributed by atoms with Crippen LogP contribution in [0.25, 0.3) is 0 Å². The number of rotatable bonds is 5. The minimum Gasteiger partial charge on any atom is -0.348 e. The van der Waals surface area contributed by atoms with E-state index in [0.29, 0.717) is 12.0 Å². The Bertz CT molecular complexity index is 629. The van der Waals surface area contributed by atoms with Gasteiger partial charge >= 0.3 is 0 Å². The summed E-state index contributed by atoms with van der Waals surface area (Å²) in [5.74, 6) is 0.523. The minimum absolute atomic E-state index is 0.211. The molecule has 1 atom stereocenters. The first kappa shape index (κ1) is 28.8. The second-order valence-corrected chi connectivity index (χ2v) is 8.93. The second-order valence-electron chi connectivity index (χ2n) is 7.04. The van der Waals surface area contributed by atoms with Gasteiger partial charge in [0.15, 0.2) is 0 Å². The highest BCUT2D eigenvalue weighted by Crippen LogP contribution is 2.48. The van der Waals surface area contributed by atoms with E-state index in [1.165, 1.54) is 9.75 Å². The summed E-state index contributed by atoms with van der Waals surface area (Å²) in [7, 11) is 3.76. The van der Waals surface area contributed by atoms with Gasteiger partial charge in [-0.05, 0) is 55.6 Å². The zero-order chi connectivity index (χ0) is 23.3. The average molecular weight is 453 g/mol. The smallest absolute Gasteiger partial charge is 0.239 e. The molecule has 5 heteroatoms. The van der Waals surface area contributed by atoms with Crippen molar-refractivity contribution in [3.63, 3.8) is 0 Å². The van der Waals surface area contributed by atoms with E-state index in [9.17, 15) is 4.79 Å². The third kappa shape index (κ3) is 6.18. The van der Waals surface area contributed by atoms with Gasteiger partial charge in [0.2, 0.25) is 5.91 Å². The molecule has 3 nitrogen and oxygen atoms in total. The summed E-state index contributed by atoms with van der Waals surface area (Å²) < 4.78 is 0. The Balaban J connectivity index is 0.00000129. The molecule has 3 rings (SSSR count). The minimum atomic E-state index is -0.546. The third-order valence-corrected chi connectivity index (χ3v) is 7.14. The number of carbonyl (C=O) groups excluding carboxylic acids is 1. The average Bonchev–Trinajstić information content (AvgIpc) is 3.56. The fraction of sp³-hybridized carbons (Fsp3) is 0.640. The van der Waals surface area contributed by atoms with Crippen LogP contribution in [0.15, 0.2) is 35.0 Å². The number of likely N-dealkylation sites (N-methyl/N-ethyl adjacent to an activating group) is 1. The molecule has 1 aliphatic heterocycles. The van der Waals surface area contributed by atoms with E-state index < -0.39 is 5.41 Å². The van der Waals surface area contributed by atoms with Crippen molar-refractivity contribution in [2.24, 2.45) is 5.92 Å². The number of likely N-dealkylation sites (tertiary alicyclic amines) is 1. The van der Waals surface area contributed by atoms with E-state index in [4.69, 9.17) is 0 Å². The maximum Gasteiger partial charge on any atom is 0.239 e. The van der Waals surface area contributed by atoms with Gasteiger partial charge in [0.1, 0.15) is 5.41 Å². The van der Waals surface area contributed by atoms with Crippen molar-refractivity contribution >= 4 is 28.6 Å². The highest BCUT2D eigenvalue weighted by molar-refractivity contribution is 7.12. The first-order valence-electron chi connectivity index (χ1n) is 11.5. The molecule has 172 valence electrons. The van der Waals surface area contributed by atoms with E-state index in [1.54, 1.807) is 27.6 Å². The molecule has 0 spiro atoms. The lowest BCUT2D eigenvalue weighted by molar-refractivity contribution is -0.135. The standard InChI is InChI=1S/C19H26N2OS2.3C2H6/c1-14(2)21-10-9-15(13-21)19(18(22)20(3)4,16-7-5-11-23-16)17-8-6-12-24-17;3*1-2/h5-8,11-12,14-15H,9-10,13H2,1-4H3;3*1-2H3/t15-;;;/m1.../s1. The van der Waals surface area contributed by atoms with Gasteiger partial charge in [0.05, 0.1) is 0 Å². The second kappa shape index (κ2) is 14.8. The van der Waals surface area contributed by atoms with Crippen LogP contribution in [0.3, 0.4) is 0 Å². The molecule has 2 aromatic rings. The van der Waals surface area contributed by atoms with E-state index >= 15 is 0 Å². The Labute approximate surface area is 194 Å². The fourth-order valence-corrected chi connectivity index (χ4v) is 5.96. The molecule has 0 N–H and O–H groups in total. The summed E-state index contributed by atoms with van der Waals surface area (Å²) in [5.41, 5.74) is -0.546. The monoisotopic (exact) mass is 452 g/mol. The summed E-state index contributed by atoms with van der Waals surface area (Å²) in [6.45, 7) is 18.5. The zero-order valence-corrected chi connectivity index (χ0v) is 22.5. The Morgan fingerprint density at radius 3 is 1.77 bits per heavy atom. The molecule has 0 aliphatic carbocycles. The summed E-state index contributed by atoms with van der Waals surface area (Å²) in [6.07, 6.45) is 1.06. The van der Waals surface area contributed by atoms with Gasteiger partial charge < -0.3 is 9.80 Å². The number of thiophene rings is 2. The topological polar surface area (TPSA) is 23.6 Å². The van der Waals surface area contributed by atoms with Gasteiger partial charge in [-0.3, -0.25) is 4.79 Å². The van der Waals surface area contributed by atoms with Gasteiger partial charge in [-0.1, -0.05) is 53.7 Å². The van der Waals surface area contributed by atoms with Gasteiger partial charge in [-0.25, -0.2) is 0 Å². The number of hydrogen-bond acceptors (Lipinski definition) is 4.